The lowest BCUT2D eigenvalue weighted by Gasteiger charge is -2.36. The van der Waals surface area contributed by atoms with Crippen molar-refractivity contribution in [1.29, 1.82) is 0 Å². The highest BCUT2D eigenvalue weighted by molar-refractivity contribution is 7.89. The van der Waals surface area contributed by atoms with Gasteiger partial charge < -0.3 is 23.7 Å². The van der Waals surface area contributed by atoms with E-state index < -0.39 is 58.2 Å². The number of rotatable bonds is 4. The number of sulfonamides is 1. The van der Waals surface area contributed by atoms with E-state index in [9.17, 15) is 13.2 Å². The minimum Gasteiger partial charge on any atom is -0.341 e. The maximum Gasteiger partial charge on any atom is 0.267 e. The molecule has 3 heterocycles. The molecule has 1 aromatic rings. The molecule has 0 aromatic heterocycles. The summed E-state index contributed by atoms with van der Waals surface area (Å²) in [4.78, 5) is 15.2. The summed E-state index contributed by atoms with van der Waals surface area (Å²) < 4.78 is 57.4. The van der Waals surface area contributed by atoms with Crippen LogP contribution in [0.3, 0.4) is 0 Å². The van der Waals surface area contributed by atoms with Gasteiger partial charge in [0.15, 0.2) is 24.0 Å². The molecule has 2 saturated carbocycles. The van der Waals surface area contributed by atoms with Crippen LogP contribution in [0.25, 0.3) is 0 Å². The zero-order valence-corrected chi connectivity index (χ0v) is 22.4. The lowest BCUT2D eigenvalue weighted by molar-refractivity contribution is -0.247. The number of nitrogens with one attached hydrogen (secondary N) is 2. The second-order valence-corrected chi connectivity index (χ2v) is 12.8. The molecule has 6 rings (SSSR count). The first-order valence-electron chi connectivity index (χ1n) is 12.8. The van der Waals surface area contributed by atoms with E-state index in [-0.39, 0.29) is 14.9 Å². The van der Waals surface area contributed by atoms with Gasteiger partial charge in [-0.2, -0.15) is 0 Å². The van der Waals surface area contributed by atoms with Gasteiger partial charge in [-0.25, -0.2) is 8.42 Å². The third-order valence-electron chi connectivity index (χ3n) is 7.88. The van der Waals surface area contributed by atoms with E-state index in [0.29, 0.717) is 12.8 Å². The van der Waals surface area contributed by atoms with Crippen LogP contribution in [-0.2, 0) is 38.5 Å². The van der Waals surface area contributed by atoms with Gasteiger partial charge in [0, 0.05) is 25.7 Å². The molecular weight excluding hydrogens is 547 g/mol. The Hall–Kier alpha value is -1.02. The van der Waals surface area contributed by atoms with Crippen LogP contribution in [-0.4, -0.2) is 56.6 Å². The van der Waals surface area contributed by atoms with Crippen LogP contribution in [0.15, 0.2) is 23.1 Å². The number of benzene rings is 1. The number of hydrazine groups is 1. The second kappa shape index (κ2) is 9.87. The van der Waals surface area contributed by atoms with E-state index >= 15 is 0 Å². The van der Waals surface area contributed by atoms with Gasteiger partial charge in [-0.15, -0.1) is 4.83 Å². The quantitative estimate of drug-likeness (QED) is 0.522. The summed E-state index contributed by atoms with van der Waals surface area (Å²) in [5, 5.41) is -0.0755. The van der Waals surface area contributed by atoms with Crippen LogP contribution in [0, 0.1) is 0 Å². The van der Waals surface area contributed by atoms with Crippen LogP contribution in [0.1, 0.15) is 64.2 Å². The Labute approximate surface area is 225 Å². The predicted octanol–water partition coefficient (Wildman–Crippen LogP) is 3.55. The normalized spacial score (nSPS) is 34.3. The summed E-state index contributed by atoms with van der Waals surface area (Å²) >= 11 is 12.0. The highest BCUT2D eigenvalue weighted by atomic mass is 35.5. The molecule has 1 aromatic carbocycles. The van der Waals surface area contributed by atoms with Gasteiger partial charge in [0.2, 0.25) is 0 Å². The first kappa shape index (κ1) is 26.2. The Balaban J connectivity index is 1.23. The summed E-state index contributed by atoms with van der Waals surface area (Å²) in [6.07, 6.45) is 5.00. The average molecular weight is 577 g/mol. The molecule has 2 N–H and O–H groups in total. The summed E-state index contributed by atoms with van der Waals surface area (Å²) in [5.74, 6) is -2.32. The first-order chi connectivity index (χ1) is 17.7. The van der Waals surface area contributed by atoms with E-state index in [2.05, 4.69) is 10.3 Å². The number of carbonyl (C=O) groups is 1. The molecule has 37 heavy (non-hydrogen) atoms. The van der Waals surface area contributed by atoms with Gasteiger partial charge in [-0.3, -0.25) is 10.2 Å². The van der Waals surface area contributed by atoms with Gasteiger partial charge >= 0.3 is 0 Å². The maximum absolute atomic E-state index is 13.3. The number of halogens is 2. The Morgan fingerprint density at radius 1 is 0.838 bits per heavy atom. The topological polar surface area (TPSA) is 121 Å². The first-order valence-corrected chi connectivity index (χ1v) is 15.1. The van der Waals surface area contributed by atoms with E-state index in [1.165, 1.54) is 18.2 Å². The molecule has 5 atom stereocenters. The van der Waals surface area contributed by atoms with Crippen molar-refractivity contribution < 1.29 is 36.9 Å². The lowest BCUT2D eigenvalue weighted by atomic mass is 9.94. The fourth-order valence-corrected chi connectivity index (χ4v) is 7.71. The van der Waals surface area contributed by atoms with Crippen molar-refractivity contribution in [3.8, 4) is 0 Å². The molecule has 10 nitrogen and oxygen atoms in total. The van der Waals surface area contributed by atoms with Crippen molar-refractivity contribution in [2.75, 3.05) is 0 Å². The molecule has 1 amide bonds. The van der Waals surface area contributed by atoms with Crippen molar-refractivity contribution in [1.82, 2.24) is 10.3 Å². The molecular formula is C24H30Cl2N2O8S. The van der Waals surface area contributed by atoms with E-state index in [4.69, 9.17) is 46.9 Å². The summed E-state index contributed by atoms with van der Waals surface area (Å²) in [6.45, 7) is 0. The van der Waals surface area contributed by atoms with E-state index in [0.717, 1.165) is 51.4 Å². The predicted molar refractivity (Wildman–Crippen MR) is 131 cm³/mol. The Morgan fingerprint density at radius 3 is 2.11 bits per heavy atom. The van der Waals surface area contributed by atoms with Gasteiger partial charge in [0.05, 0.1) is 10.0 Å². The average Bonchev–Trinajstić information content (AvgIpc) is 3.42. The molecule has 5 fully saturated rings. The third-order valence-corrected chi connectivity index (χ3v) is 10.1. The van der Waals surface area contributed by atoms with Crippen molar-refractivity contribution in [2.24, 2.45) is 0 Å². The van der Waals surface area contributed by atoms with Gasteiger partial charge in [-0.1, -0.05) is 42.1 Å². The molecule has 0 radical (unpaired) electrons. The van der Waals surface area contributed by atoms with Crippen LogP contribution < -0.4 is 10.3 Å². The fraction of sp³-hybridized carbons (Fsp3) is 0.708. The minimum atomic E-state index is -4.22. The zero-order chi connectivity index (χ0) is 25.8. The smallest absolute Gasteiger partial charge is 0.267 e. The number of hydrogen-bond donors (Lipinski definition) is 2. The molecule has 2 spiro atoms. The van der Waals surface area contributed by atoms with Crippen molar-refractivity contribution in [2.45, 2.75) is 111 Å². The lowest BCUT2D eigenvalue weighted by Crippen LogP contribution is -2.61. The van der Waals surface area contributed by atoms with Crippen molar-refractivity contribution in [3.63, 3.8) is 0 Å². The third kappa shape index (κ3) is 4.81. The molecule has 0 bridgehead atoms. The van der Waals surface area contributed by atoms with Crippen LogP contribution >= 0.6 is 23.2 Å². The number of fused-ring (bicyclic) bond motifs is 3. The number of hydrogen-bond acceptors (Lipinski definition) is 8. The highest BCUT2D eigenvalue weighted by Gasteiger charge is 2.65. The van der Waals surface area contributed by atoms with Gasteiger partial charge in [0.1, 0.15) is 23.2 Å². The van der Waals surface area contributed by atoms with E-state index in [1.54, 1.807) is 0 Å². The van der Waals surface area contributed by atoms with E-state index in [1.807, 2.05) is 0 Å². The maximum atomic E-state index is 13.3. The summed E-state index contributed by atoms with van der Waals surface area (Å²) in [6, 6.07) is 4.20. The molecule has 3 saturated heterocycles. The summed E-state index contributed by atoms with van der Waals surface area (Å²) in [5.41, 5.74) is 2.26. The largest absolute Gasteiger partial charge is 0.341 e. The Bertz CT molecular complexity index is 1160. The fourth-order valence-electron chi connectivity index (χ4n) is 6.10. The van der Waals surface area contributed by atoms with Crippen LogP contribution in [0.2, 0.25) is 10.0 Å². The van der Waals surface area contributed by atoms with Crippen molar-refractivity contribution in [3.05, 3.63) is 28.2 Å². The molecule has 5 aliphatic rings. The summed E-state index contributed by atoms with van der Waals surface area (Å²) in [7, 11) is -4.22. The second-order valence-electron chi connectivity index (χ2n) is 10.4. The number of amides is 1. The molecule has 13 heteroatoms. The minimum absolute atomic E-state index is 0.0738. The molecule has 3 aliphatic heterocycles. The van der Waals surface area contributed by atoms with Gasteiger partial charge in [-0.05, 0) is 37.8 Å². The zero-order valence-electron chi connectivity index (χ0n) is 20.1. The molecule has 0 unspecified atom stereocenters. The Kier molecular flexibility index (Phi) is 6.99. The number of ether oxygens (including phenoxy) is 5. The highest BCUT2D eigenvalue weighted by Crippen LogP contribution is 2.50. The van der Waals surface area contributed by atoms with Crippen LogP contribution in [0.4, 0.5) is 0 Å². The van der Waals surface area contributed by atoms with Crippen molar-refractivity contribution >= 4 is 39.1 Å². The SMILES string of the molecule is O=C(NNS(=O)(=O)c1cccc(Cl)c1Cl)[C@@H]1O[C@@H]2OC3(CCCCC3)O[C@@H]2[C@H]2OC3(CCCCC3)O[C@@H]21. The Morgan fingerprint density at radius 2 is 1.43 bits per heavy atom. The van der Waals surface area contributed by atoms with Gasteiger partial charge in [0.25, 0.3) is 15.9 Å². The monoisotopic (exact) mass is 576 g/mol. The molecule has 204 valence electrons. The molecule has 2 aliphatic carbocycles. The standard InChI is InChI=1S/C24H30Cl2N2O8S/c25-14-8-7-9-15(16(14)26)37(30,31)28-27-21(29)19-17-18(34-23(33-17)10-3-1-4-11-23)20-22(32-19)36-24(35-20)12-5-2-6-13-24/h7-9,17-20,22,28H,1-6,10-13H2,(H,27,29)/t17-,18-,19+,20+,22+/m0/s1. The van der Waals surface area contributed by atoms with Crippen LogP contribution in [0.5, 0.6) is 0 Å². The number of carbonyl (C=O) groups excluding carboxylic acids is 1.